The van der Waals surface area contributed by atoms with Crippen LogP contribution in [-0.2, 0) is 19.6 Å². The molecule has 1 aliphatic heterocycles. The van der Waals surface area contributed by atoms with Crippen LogP contribution in [0, 0.1) is 0 Å². The van der Waals surface area contributed by atoms with E-state index in [1.165, 1.54) is 18.4 Å². The third kappa shape index (κ3) is 4.75. The van der Waals surface area contributed by atoms with Gasteiger partial charge in [-0.15, -0.1) is 12.4 Å². The zero-order chi connectivity index (χ0) is 18.7. The van der Waals surface area contributed by atoms with Gasteiger partial charge in [-0.05, 0) is 50.6 Å². The maximum atomic E-state index is 12.7. The van der Waals surface area contributed by atoms with Gasteiger partial charge in [0.05, 0.1) is 10.9 Å². The van der Waals surface area contributed by atoms with Crippen molar-refractivity contribution >= 4 is 28.3 Å². The predicted molar refractivity (Wildman–Crippen MR) is 103 cm³/mol. The van der Waals surface area contributed by atoms with Gasteiger partial charge in [0.1, 0.15) is 5.60 Å². The number of ether oxygens (including phenoxy) is 1. The summed E-state index contributed by atoms with van der Waals surface area (Å²) in [4.78, 5) is 12.9. The first-order valence-corrected chi connectivity index (χ1v) is 9.76. The predicted octanol–water partition coefficient (Wildman–Crippen LogP) is 1.30. The van der Waals surface area contributed by atoms with Crippen molar-refractivity contribution in [2.45, 2.75) is 36.3 Å². The Labute approximate surface area is 161 Å². The molecule has 1 aromatic carbocycles. The third-order valence-corrected chi connectivity index (χ3v) is 6.55. The lowest BCUT2D eigenvalue weighted by Gasteiger charge is -2.35. The molecule has 9 heteroatoms. The summed E-state index contributed by atoms with van der Waals surface area (Å²) >= 11 is 0. The Morgan fingerprint density at radius 2 is 1.77 bits per heavy atom. The monoisotopic (exact) mass is 405 g/mol. The lowest BCUT2D eigenvalue weighted by molar-refractivity contribution is -0.147. The highest BCUT2D eigenvalue weighted by atomic mass is 35.5. The van der Waals surface area contributed by atoms with E-state index in [9.17, 15) is 13.2 Å². The fraction of sp³-hybridized carbons (Fsp3) is 0.588. The van der Waals surface area contributed by atoms with E-state index in [4.69, 9.17) is 4.74 Å². The molecule has 1 aromatic rings. The van der Waals surface area contributed by atoms with Crippen molar-refractivity contribution in [1.29, 1.82) is 0 Å². The lowest BCUT2D eigenvalue weighted by atomic mass is 9.90. The molecule has 7 nitrogen and oxygen atoms in total. The molecule has 0 radical (unpaired) electrons. The summed E-state index contributed by atoms with van der Waals surface area (Å²) in [7, 11) is 1.10. The minimum absolute atomic E-state index is 0. The topological polar surface area (TPSA) is 87.7 Å². The SMILES string of the molecule is COC1(C(=O)NC(C)c2ccc(S(=O)(=O)N(C)C)cc2)CCNCC1.Cl. The second-order valence-corrected chi connectivity index (χ2v) is 8.65. The van der Waals surface area contributed by atoms with Crippen LogP contribution >= 0.6 is 12.4 Å². The number of nitrogens with one attached hydrogen (secondary N) is 2. The molecular weight excluding hydrogens is 378 g/mol. The van der Waals surface area contributed by atoms with Crippen molar-refractivity contribution in [2.75, 3.05) is 34.3 Å². The van der Waals surface area contributed by atoms with Gasteiger partial charge in [-0.3, -0.25) is 4.79 Å². The number of carbonyl (C=O) groups is 1. The van der Waals surface area contributed by atoms with Crippen molar-refractivity contribution in [3.63, 3.8) is 0 Å². The third-order valence-electron chi connectivity index (χ3n) is 4.72. The number of methoxy groups -OCH3 is 1. The molecule has 1 heterocycles. The molecule has 2 N–H and O–H groups in total. The molecule has 2 rings (SSSR count). The first kappa shape index (κ1) is 22.9. The normalized spacial score (nSPS) is 18.0. The molecule has 0 spiro atoms. The van der Waals surface area contributed by atoms with Gasteiger partial charge in [0, 0.05) is 21.2 Å². The van der Waals surface area contributed by atoms with E-state index in [-0.39, 0.29) is 29.3 Å². The van der Waals surface area contributed by atoms with Gasteiger partial charge in [0.15, 0.2) is 0 Å². The van der Waals surface area contributed by atoms with Crippen LogP contribution < -0.4 is 10.6 Å². The number of hydrogen-bond acceptors (Lipinski definition) is 5. The summed E-state index contributed by atoms with van der Waals surface area (Å²) in [6.07, 6.45) is 1.25. The molecule has 0 aromatic heterocycles. The van der Waals surface area contributed by atoms with E-state index in [2.05, 4.69) is 10.6 Å². The number of amides is 1. The van der Waals surface area contributed by atoms with Crippen molar-refractivity contribution in [3.8, 4) is 0 Å². The maximum absolute atomic E-state index is 12.7. The molecule has 0 aliphatic carbocycles. The van der Waals surface area contributed by atoms with Crippen molar-refractivity contribution in [2.24, 2.45) is 0 Å². The summed E-state index contributed by atoms with van der Waals surface area (Å²) in [5.74, 6) is -0.131. The maximum Gasteiger partial charge on any atom is 0.252 e. The number of carbonyl (C=O) groups excluding carboxylic acids is 1. The van der Waals surface area contributed by atoms with Crippen LogP contribution in [-0.4, -0.2) is 58.5 Å². The number of sulfonamides is 1. The first-order chi connectivity index (χ1) is 11.7. The van der Waals surface area contributed by atoms with Crippen molar-refractivity contribution in [3.05, 3.63) is 29.8 Å². The van der Waals surface area contributed by atoms with E-state index in [1.807, 2.05) is 6.92 Å². The second kappa shape index (κ2) is 9.14. The molecular formula is C17H28ClN3O4S. The molecule has 1 amide bonds. The Kier molecular flexibility index (Phi) is 8.04. The molecule has 1 atom stereocenters. The number of nitrogens with zero attached hydrogens (tertiary/aromatic N) is 1. The zero-order valence-corrected chi connectivity index (χ0v) is 17.2. The highest BCUT2D eigenvalue weighted by Crippen LogP contribution is 2.25. The van der Waals surface area contributed by atoms with Crippen LogP contribution in [0.15, 0.2) is 29.2 Å². The Morgan fingerprint density at radius 1 is 1.23 bits per heavy atom. The minimum atomic E-state index is -3.45. The summed E-state index contributed by atoms with van der Waals surface area (Å²) in [5, 5.41) is 6.21. The van der Waals surface area contributed by atoms with Crippen LogP contribution in [0.1, 0.15) is 31.4 Å². The van der Waals surface area contributed by atoms with Crippen LogP contribution in [0.3, 0.4) is 0 Å². The molecule has 148 valence electrons. The van der Waals surface area contributed by atoms with Gasteiger partial charge in [-0.1, -0.05) is 12.1 Å². The molecule has 1 fully saturated rings. The highest BCUT2D eigenvalue weighted by Gasteiger charge is 2.40. The summed E-state index contributed by atoms with van der Waals surface area (Å²) in [5.41, 5.74) is 0.0412. The molecule has 0 saturated carbocycles. The number of rotatable bonds is 6. The van der Waals surface area contributed by atoms with Gasteiger partial charge in [-0.25, -0.2) is 12.7 Å². The molecule has 0 bridgehead atoms. The lowest BCUT2D eigenvalue weighted by Crippen LogP contribution is -2.54. The smallest absolute Gasteiger partial charge is 0.252 e. The summed E-state index contributed by atoms with van der Waals surface area (Å²) < 4.78 is 30.9. The Hall–Kier alpha value is -1.19. The second-order valence-electron chi connectivity index (χ2n) is 6.50. The zero-order valence-electron chi connectivity index (χ0n) is 15.6. The van der Waals surface area contributed by atoms with Crippen LogP contribution in [0.2, 0.25) is 0 Å². The first-order valence-electron chi connectivity index (χ1n) is 8.32. The van der Waals surface area contributed by atoms with Gasteiger partial charge >= 0.3 is 0 Å². The highest BCUT2D eigenvalue weighted by molar-refractivity contribution is 7.89. The van der Waals surface area contributed by atoms with Gasteiger partial charge in [0.2, 0.25) is 10.0 Å². The largest absolute Gasteiger partial charge is 0.368 e. The molecule has 1 aliphatic rings. The molecule has 26 heavy (non-hydrogen) atoms. The van der Waals surface area contributed by atoms with E-state index >= 15 is 0 Å². The molecule has 1 unspecified atom stereocenters. The van der Waals surface area contributed by atoms with Crippen LogP contribution in [0.5, 0.6) is 0 Å². The van der Waals surface area contributed by atoms with Gasteiger partial charge < -0.3 is 15.4 Å². The van der Waals surface area contributed by atoms with E-state index in [0.29, 0.717) is 12.8 Å². The standard InChI is InChI=1S/C17H27N3O4S.ClH/c1-13(19-16(21)17(24-4)9-11-18-12-10-17)14-5-7-15(8-6-14)25(22,23)20(2)3;/h5-8,13,18H,9-12H2,1-4H3,(H,19,21);1H. The Balaban J connectivity index is 0.00000338. The van der Waals surface area contributed by atoms with Gasteiger partial charge in [-0.2, -0.15) is 0 Å². The van der Waals surface area contributed by atoms with E-state index < -0.39 is 15.6 Å². The summed E-state index contributed by atoms with van der Waals surface area (Å²) in [6, 6.07) is 6.32. The summed E-state index contributed by atoms with van der Waals surface area (Å²) in [6.45, 7) is 3.36. The van der Waals surface area contributed by atoms with E-state index in [0.717, 1.165) is 18.7 Å². The van der Waals surface area contributed by atoms with E-state index in [1.54, 1.807) is 31.4 Å². The number of benzene rings is 1. The van der Waals surface area contributed by atoms with Crippen LogP contribution in [0.25, 0.3) is 0 Å². The fourth-order valence-corrected chi connectivity index (χ4v) is 3.81. The number of piperidine rings is 1. The Bertz CT molecular complexity index is 701. The van der Waals surface area contributed by atoms with Crippen molar-refractivity contribution < 1.29 is 17.9 Å². The van der Waals surface area contributed by atoms with Crippen molar-refractivity contribution in [1.82, 2.24) is 14.9 Å². The fourth-order valence-electron chi connectivity index (χ4n) is 2.91. The average molecular weight is 406 g/mol. The van der Waals surface area contributed by atoms with Crippen LogP contribution in [0.4, 0.5) is 0 Å². The Morgan fingerprint density at radius 3 is 2.23 bits per heavy atom. The number of halogens is 1. The minimum Gasteiger partial charge on any atom is -0.368 e. The van der Waals surface area contributed by atoms with Gasteiger partial charge in [0.25, 0.3) is 5.91 Å². The number of hydrogen-bond donors (Lipinski definition) is 2. The average Bonchev–Trinajstić information content (AvgIpc) is 2.62. The molecule has 1 saturated heterocycles. The quantitative estimate of drug-likeness (QED) is 0.744.